The molecule has 53 heavy (non-hydrogen) atoms. The fourth-order valence-corrected chi connectivity index (χ4v) is 6.58. The Morgan fingerprint density at radius 3 is 1.53 bits per heavy atom. The zero-order valence-corrected chi connectivity index (χ0v) is 31.8. The number of alkyl halides is 2. The summed E-state index contributed by atoms with van der Waals surface area (Å²) in [6.07, 6.45) is 0.285. The largest absolute Gasteiger partial charge is 0.445 e. The lowest BCUT2D eigenvalue weighted by Crippen LogP contribution is -2.65. The second-order valence-corrected chi connectivity index (χ2v) is 15.1. The van der Waals surface area contributed by atoms with Crippen molar-refractivity contribution in [3.8, 4) is 0 Å². The van der Waals surface area contributed by atoms with Crippen LogP contribution in [-0.2, 0) is 32.3 Å². The van der Waals surface area contributed by atoms with Crippen LogP contribution in [0.25, 0.3) is 0 Å². The summed E-state index contributed by atoms with van der Waals surface area (Å²) in [6, 6.07) is 12.3. The number of carbonyl (C=O) groups is 4. The van der Waals surface area contributed by atoms with Crippen LogP contribution in [0.3, 0.4) is 0 Å². The summed E-state index contributed by atoms with van der Waals surface area (Å²) in [5.41, 5.74) is 1.48. The average Bonchev–Trinajstić information content (AvgIpc) is 3.13. The quantitative estimate of drug-likeness (QED) is 0.117. The van der Waals surface area contributed by atoms with Crippen LogP contribution in [0.5, 0.6) is 0 Å². The zero-order valence-electron chi connectivity index (χ0n) is 31.8. The summed E-state index contributed by atoms with van der Waals surface area (Å²) in [7, 11) is 0. The number of aliphatic hydroxyl groups excluding tert-OH is 1. The molecule has 4 amide bonds. The lowest BCUT2D eigenvalue weighted by Gasteiger charge is -2.39. The van der Waals surface area contributed by atoms with Crippen LogP contribution in [0, 0.1) is 23.7 Å². The molecule has 1 fully saturated rings. The predicted molar refractivity (Wildman–Crippen MR) is 198 cm³/mol. The Labute approximate surface area is 312 Å². The van der Waals surface area contributed by atoms with Crippen LogP contribution in [0.4, 0.5) is 18.4 Å². The van der Waals surface area contributed by atoms with Gasteiger partial charge in [0.2, 0.25) is 11.8 Å². The van der Waals surface area contributed by atoms with Crippen molar-refractivity contribution in [1.29, 1.82) is 0 Å². The summed E-state index contributed by atoms with van der Waals surface area (Å²) in [6.45, 7) is 9.62. The summed E-state index contributed by atoms with van der Waals surface area (Å²) < 4.78 is 43.8. The van der Waals surface area contributed by atoms with Gasteiger partial charge < -0.3 is 35.8 Å². The maximum Gasteiger partial charge on any atom is 0.408 e. The van der Waals surface area contributed by atoms with E-state index in [9.17, 15) is 24.3 Å². The topological polar surface area (TPSA) is 155 Å². The molecule has 5 N–H and O–H groups in total. The fraction of sp³-hybridized carbons (Fsp3) is 0.600. The van der Waals surface area contributed by atoms with E-state index in [-0.39, 0.29) is 25.6 Å². The highest BCUT2D eigenvalue weighted by molar-refractivity contribution is 5.87. The molecular formula is C40H58F2N4O7. The van der Waals surface area contributed by atoms with Crippen LogP contribution >= 0.6 is 0 Å². The van der Waals surface area contributed by atoms with Crippen LogP contribution in [0.2, 0.25) is 0 Å². The molecule has 2 aromatic carbocycles. The van der Waals surface area contributed by atoms with Gasteiger partial charge in [-0.15, -0.1) is 0 Å². The lowest BCUT2D eigenvalue weighted by atomic mass is 9.81. The van der Waals surface area contributed by atoms with E-state index in [4.69, 9.17) is 9.47 Å². The average molecular weight is 745 g/mol. The minimum atomic E-state index is -3.93. The van der Waals surface area contributed by atoms with Gasteiger partial charge in [0.15, 0.2) is 0 Å². The normalized spacial score (nSPS) is 16.6. The molecule has 13 heteroatoms. The Morgan fingerprint density at radius 1 is 0.679 bits per heavy atom. The molecule has 1 saturated carbocycles. The van der Waals surface area contributed by atoms with Crippen LogP contribution < -0.4 is 21.3 Å². The van der Waals surface area contributed by atoms with Gasteiger partial charge in [-0.1, -0.05) is 134 Å². The second kappa shape index (κ2) is 20.8. The third-order valence-electron chi connectivity index (χ3n) is 9.66. The maximum absolute atomic E-state index is 16.6. The van der Waals surface area contributed by atoms with Crippen molar-refractivity contribution in [3.05, 3.63) is 71.8 Å². The fourth-order valence-electron chi connectivity index (χ4n) is 6.58. The van der Waals surface area contributed by atoms with Gasteiger partial charge in [-0.2, -0.15) is 0 Å². The van der Waals surface area contributed by atoms with Crippen molar-refractivity contribution in [1.82, 2.24) is 21.3 Å². The molecule has 0 bridgehead atoms. The van der Waals surface area contributed by atoms with Crippen molar-refractivity contribution >= 4 is 24.0 Å². The number of nitrogens with one attached hydrogen (secondary N) is 4. The second-order valence-electron chi connectivity index (χ2n) is 15.1. The van der Waals surface area contributed by atoms with Crippen molar-refractivity contribution < 1.29 is 42.5 Å². The third-order valence-corrected chi connectivity index (χ3v) is 9.66. The van der Waals surface area contributed by atoms with Crippen molar-refractivity contribution in [2.75, 3.05) is 0 Å². The Hall–Kier alpha value is -4.26. The molecule has 0 aromatic heterocycles. The molecule has 1 aliphatic rings. The van der Waals surface area contributed by atoms with Crippen LogP contribution in [0.1, 0.15) is 91.2 Å². The number of amides is 4. The minimum absolute atomic E-state index is 0.0238. The standard InChI is InChI=1S/C40H58F2N4O7/c1-25(2)32(44-38(50)52-23-29-18-12-8-13-19-29)36(48)43-31(22-28-16-10-7-11-17-28)35(47)40(41,42)34(27(5)6)46-37(49)33(26(3)4)45-39(51)53-24-30-20-14-9-15-21-30/h8-9,12-15,18-21,25-28,31-35,47H,7,10-11,16-17,22-24H2,1-6H3,(H,43,48)(H,44,50)(H,45,51)(H,46,49)/t31?,32-,33-,34?,35?/m0/s1. The Kier molecular flexibility index (Phi) is 17.0. The molecule has 1 aliphatic carbocycles. The van der Waals surface area contributed by atoms with E-state index in [2.05, 4.69) is 21.3 Å². The van der Waals surface area contributed by atoms with Gasteiger partial charge in [0.1, 0.15) is 31.4 Å². The molecule has 3 rings (SSSR count). The Bertz CT molecular complexity index is 1440. The van der Waals surface area contributed by atoms with E-state index < -0.39 is 77.9 Å². The first-order chi connectivity index (χ1) is 25.1. The number of benzene rings is 2. The molecule has 294 valence electrons. The molecule has 0 aliphatic heterocycles. The van der Waals surface area contributed by atoms with E-state index in [1.165, 1.54) is 13.8 Å². The number of aliphatic hydroxyl groups is 1. The summed E-state index contributed by atoms with van der Waals surface area (Å²) >= 11 is 0. The van der Waals surface area contributed by atoms with E-state index in [1.54, 1.807) is 76.2 Å². The lowest BCUT2D eigenvalue weighted by molar-refractivity contribution is -0.162. The predicted octanol–water partition coefficient (Wildman–Crippen LogP) is 6.48. The van der Waals surface area contributed by atoms with Gasteiger partial charge in [-0.25, -0.2) is 18.4 Å². The molecule has 0 saturated heterocycles. The number of carbonyl (C=O) groups excluding carboxylic acids is 4. The molecular weight excluding hydrogens is 686 g/mol. The van der Waals surface area contributed by atoms with E-state index >= 15 is 8.78 Å². The SMILES string of the molecule is CC(C)C(NC(=O)[C@@H](NC(=O)OCc1ccccc1)C(C)C)C(F)(F)C(O)C(CC1CCCCC1)NC(=O)[C@@H](NC(=O)OCc1ccccc1)C(C)C. The van der Waals surface area contributed by atoms with Gasteiger partial charge in [-0.3, -0.25) is 9.59 Å². The van der Waals surface area contributed by atoms with Crippen LogP contribution in [0.15, 0.2) is 60.7 Å². The maximum atomic E-state index is 16.6. The molecule has 3 unspecified atom stereocenters. The molecule has 0 heterocycles. The molecule has 2 aromatic rings. The highest BCUT2D eigenvalue weighted by atomic mass is 19.3. The Morgan fingerprint density at radius 2 is 1.11 bits per heavy atom. The van der Waals surface area contributed by atoms with Gasteiger partial charge in [-0.05, 0) is 41.2 Å². The van der Waals surface area contributed by atoms with Gasteiger partial charge in [0.25, 0.3) is 5.92 Å². The summed E-state index contributed by atoms with van der Waals surface area (Å²) in [4.78, 5) is 52.6. The number of halogens is 2. The van der Waals surface area contributed by atoms with Gasteiger partial charge in [0.05, 0.1) is 12.1 Å². The van der Waals surface area contributed by atoms with Crippen molar-refractivity contribution in [2.24, 2.45) is 23.7 Å². The third kappa shape index (κ3) is 13.6. The molecule has 11 nitrogen and oxygen atoms in total. The van der Waals surface area contributed by atoms with Crippen molar-refractivity contribution in [2.45, 2.75) is 129 Å². The molecule has 0 radical (unpaired) electrons. The summed E-state index contributed by atoms with van der Waals surface area (Å²) in [5.74, 6) is -7.37. The van der Waals surface area contributed by atoms with E-state index in [1.807, 2.05) is 12.1 Å². The highest BCUT2D eigenvalue weighted by Crippen LogP contribution is 2.34. The van der Waals surface area contributed by atoms with Gasteiger partial charge in [0, 0.05) is 0 Å². The monoisotopic (exact) mass is 744 g/mol. The number of rotatable bonds is 18. The van der Waals surface area contributed by atoms with Gasteiger partial charge >= 0.3 is 12.2 Å². The smallest absolute Gasteiger partial charge is 0.408 e. The van der Waals surface area contributed by atoms with Crippen molar-refractivity contribution in [3.63, 3.8) is 0 Å². The van der Waals surface area contributed by atoms with E-state index in [0.717, 1.165) is 43.2 Å². The highest BCUT2D eigenvalue weighted by Gasteiger charge is 2.53. The number of ether oxygens (including phenoxy) is 2. The number of alkyl carbamates (subject to hydrolysis) is 2. The Balaban J connectivity index is 1.76. The molecule has 0 spiro atoms. The minimum Gasteiger partial charge on any atom is -0.445 e. The first-order valence-corrected chi connectivity index (χ1v) is 18.7. The summed E-state index contributed by atoms with van der Waals surface area (Å²) in [5, 5.41) is 21.6. The number of hydrogen-bond donors (Lipinski definition) is 5. The molecule has 5 atom stereocenters. The zero-order chi connectivity index (χ0) is 39.1. The first kappa shape index (κ1) is 43.1. The number of hydrogen-bond acceptors (Lipinski definition) is 7. The first-order valence-electron chi connectivity index (χ1n) is 18.7. The van der Waals surface area contributed by atoms with Crippen LogP contribution in [-0.4, -0.2) is 65.3 Å². The van der Waals surface area contributed by atoms with E-state index in [0.29, 0.717) is 0 Å².